The number of quaternary nitrogens is 1. The quantitative estimate of drug-likeness (QED) is 0.764. The van der Waals surface area contributed by atoms with Gasteiger partial charge in [-0.15, -0.1) is 0 Å². The molecule has 0 aromatic heterocycles. The summed E-state index contributed by atoms with van der Waals surface area (Å²) in [4.78, 5) is 13.7. The molecule has 1 saturated carbocycles. The number of carbonyl (C=O) groups excluding carboxylic acids is 1. The predicted molar refractivity (Wildman–Crippen MR) is 98.3 cm³/mol. The largest absolute Gasteiger partial charge is 0.497 e. The minimum atomic E-state index is 0.0588. The highest BCUT2D eigenvalue weighted by Gasteiger charge is 2.34. The van der Waals surface area contributed by atoms with Gasteiger partial charge >= 0.3 is 0 Å². The SMILES string of the molecule is COc1ccc(C[NH+](CC(=O)Nc2cccc(Br)c2)C2CC2)cc1. The molecule has 0 radical (unpaired) electrons. The number of halogens is 1. The second kappa shape index (κ2) is 7.81. The van der Waals surface area contributed by atoms with Gasteiger partial charge in [0.2, 0.25) is 0 Å². The molecule has 1 atom stereocenters. The van der Waals surface area contributed by atoms with Gasteiger partial charge in [0.15, 0.2) is 6.54 Å². The van der Waals surface area contributed by atoms with Crippen molar-refractivity contribution in [2.75, 3.05) is 19.0 Å². The van der Waals surface area contributed by atoms with Crippen LogP contribution in [0.5, 0.6) is 5.75 Å². The van der Waals surface area contributed by atoms with Gasteiger partial charge in [0.25, 0.3) is 5.91 Å². The lowest BCUT2D eigenvalue weighted by Gasteiger charge is -2.19. The van der Waals surface area contributed by atoms with E-state index in [-0.39, 0.29) is 5.91 Å². The van der Waals surface area contributed by atoms with Crippen molar-refractivity contribution in [1.82, 2.24) is 0 Å². The van der Waals surface area contributed by atoms with Gasteiger partial charge in [-0.3, -0.25) is 4.79 Å². The van der Waals surface area contributed by atoms with Crippen molar-refractivity contribution in [3.63, 3.8) is 0 Å². The number of anilines is 1. The van der Waals surface area contributed by atoms with Crippen molar-refractivity contribution < 1.29 is 14.4 Å². The smallest absolute Gasteiger partial charge is 0.279 e. The maximum absolute atomic E-state index is 12.4. The Bertz CT molecular complexity index is 699. The summed E-state index contributed by atoms with van der Waals surface area (Å²) in [6.07, 6.45) is 2.41. The van der Waals surface area contributed by atoms with E-state index in [0.717, 1.165) is 22.5 Å². The maximum Gasteiger partial charge on any atom is 0.279 e. The molecule has 1 unspecified atom stereocenters. The van der Waals surface area contributed by atoms with Crippen LogP contribution in [0.15, 0.2) is 53.0 Å². The van der Waals surface area contributed by atoms with Crippen LogP contribution in [-0.4, -0.2) is 25.6 Å². The molecule has 0 spiro atoms. The zero-order chi connectivity index (χ0) is 16.9. The molecular weight excluding hydrogens is 368 g/mol. The number of amides is 1. The van der Waals surface area contributed by atoms with E-state index in [4.69, 9.17) is 4.74 Å². The number of rotatable bonds is 7. The summed E-state index contributed by atoms with van der Waals surface area (Å²) in [6, 6.07) is 16.4. The van der Waals surface area contributed by atoms with E-state index in [0.29, 0.717) is 12.6 Å². The van der Waals surface area contributed by atoms with Crippen molar-refractivity contribution in [3.05, 3.63) is 58.6 Å². The number of hydrogen-bond donors (Lipinski definition) is 2. The number of ether oxygens (including phenoxy) is 1. The first-order valence-corrected chi connectivity index (χ1v) is 8.96. The average molecular weight is 390 g/mol. The van der Waals surface area contributed by atoms with E-state index in [1.807, 2.05) is 36.4 Å². The summed E-state index contributed by atoms with van der Waals surface area (Å²) in [5, 5.41) is 2.99. The molecule has 2 N–H and O–H groups in total. The second-order valence-electron chi connectivity index (χ2n) is 6.19. The molecule has 126 valence electrons. The van der Waals surface area contributed by atoms with E-state index in [9.17, 15) is 4.79 Å². The van der Waals surface area contributed by atoms with E-state index >= 15 is 0 Å². The van der Waals surface area contributed by atoms with Gasteiger partial charge in [0, 0.05) is 28.6 Å². The Kier molecular flexibility index (Phi) is 5.53. The molecular formula is C19H22BrN2O2+. The molecule has 1 amide bonds. The van der Waals surface area contributed by atoms with E-state index < -0.39 is 0 Å². The molecule has 24 heavy (non-hydrogen) atoms. The first kappa shape index (κ1) is 17.0. The molecule has 0 aliphatic heterocycles. The van der Waals surface area contributed by atoms with Gasteiger partial charge in [0.1, 0.15) is 12.3 Å². The van der Waals surface area contributed by atoms with Crippen LogP contribution in [0.2, 0.25) is 0 Å². The molecule has 1 fully saturated rings. The van der Waals surface area contributed by atoms with Crippen LogP contribution in [0.3, 0.4) is 0 Å². The molecule has 1 aliphatic rings. The first-order chi connectivity index (χ1) is 11.6. The third-order valence-corrected chi connectivity index (χ3v) is 4.73. The maximum atomic E-state index is 12.4. The Hall–Kier alpha value is -1.85. The van der Waals surface area contributed by atoms with Gasteiger partial charge in [-0.05, 0) is 42.5 Å². The predicted octanol–water partition coefficient (Wildman–Crippen LogP) is 2.64. The van der Waals surface area contributed by atoms with Crippen molar-refractivity contribution >= 4 is 27.5 Å². The Morgan fingerprint density at radius 1 is 1.25 bits per heavy atom. The molecule has 4 nitrogen and oxygen atoms in total. The Balaban J connectivity index is 1.60. The summed E-state index contributed by atoms with van der Waals surface area (Å²) in [6.45, 7) is 1.35. The van der Waals surface area contributed by atoms with Crippen LogP contribution in [0.1, 0.15) is 18.4 Å². The third-order valence-electron chi connectivity index (χ3n) is 4.24. The lowest BCUT2D eigenvalue weighted by Crippen LogP contribution is -3.13. The summed E-state index contributed by atoms with van der Waals surface area (Å²) < 4.78 is 6.16. The summed E-state index contributed by atoms with van der Waals surface area (Å²) in [7, 11) is 1.67. The molecule has 5 heteroatoms. The minimum absolute atomic E-state index is 0.0588. The summed E-state index contributed by atoms with van der Waals surface area (Å²) in [5.41, 5.74) is 2.06. The third kappa shape index (κ3) is 4.82. The van der Waals surface area contributed by atoms with E-state index in [1.165, 1.54) is 23.3 Å². The highest BCUT2D eigenvalue weighted by molar-refractivity contribution is 9.10. The van der Waals surface area contributed by atoms with Gasteiger partial charge in [-0.1, -0.05) is 22.0 Å². The molecule has 3 rings (SSSR count). The number of hydrogen-bond acceptors (Lipinski definition) is 2. The van der Waals surface area contributed by atoms with Crippen LogP contribution < -0.4 is 15.0 Å². The highest BCUT2D eigenvalue weighted by Crippen LogP contribution is 2.17. The summed E-state index contributed by atoms with van der Waals surface area (Å²) >= 11 is 3.43. The Morgan fingerprint density at radius 2 is 2.00 bits per heavy atom. The number of methoxy groups -OCH3 is 1. The van der Waals surface area contributed by atoms with Crippen LogP contribution in [0.25, 0.3) is 0 Å². The fourth-order valence-corrected chi connectivity index (χ4v) is 3.23. The Labute approximate surface area is 150 Å². The fraction of sp³-hybridized carbons (Fsp3) is 0.316. The number of carbonyl (C=O) groups is 1. The topological polar surface area (TPSA) is 42.8 Å². The number of nitrogens with one attached hydrogen (secondary N) is 2. The molecule has 1 aliphatic carbocycles. The van der Waals surface area contributed by atoms with Gasteiger partial charge in [-0.2, -0.15) is 0 Å². The molecule has 0 saturated heterocycles. The van der Waals surface area contributed by atoms with E-state index in [1.54, 1.807) is 7.11 Å². The molecule has 2 aromatic rings. The monoisotopic (exact) mass is 389 g/mol. The molecule has 2 aromatic carbocycles. The van der Waals surface area contributed by atoms with Gasteiger partial charge in [0.05, 0.1) is 13.2 Å². The van der Waals surface area contributed by atoms with Crippen molar-refractivity contribution in [2.45, 2.75) is 25.4 Å². The van der Waals surface area contributed by atoms with Gasteiger partial charge < -0.3 is 15.0 Å². The Morgan fingerprint density at radius 3 is 2.62 bits per heavy atom. The van der Waals surface area contributed by atoms with Crippen LogP contribution in [0, 0.1) is 0 Å². The fourth-order valence-electron chi connectivity index (χ4n) is 2.83. The standard InChI is InChI=1S/C19H21BrN2O2/c1-24-18-9-5-14(6-10-18)12-22(17-7-8-17)13-19(23)21-16-4-2-3-15(20)11-16/h2-6,9-11,17H,7-8,12-13H2,1H3,(H,21,23)/p+1. The molecule has 0 heterocycles. The zero-order valence-corrected chi connectivity index (χ0v) is 15.3. The van der Waals surface area contributed by atoms with Crippen LogP contribution in [-0.2, 0) is 11.3 Å². The minimum Gasteiger partial charge on any atom is -0.497 e. The first-order valence-electron chi connectivity index (χ1n) is 8.17. The summed E-state index contributed by atoms with van der Waals surface area (Å²) in [5.74, 6) is 0.919. The van der Waals surface area contributed by atoms with E-state index in [2.05, 4.69) is 33.4 Å². The molecule has 0 bridgehead atoms. The second-order valence-corrected chi connectivity index (χ2v) is 7.11. The lowest BCUT2D eigenvalue weighted by atomic mass is 10.2. The average Bonchev–Trinajstić information content (AvgIpc) is 3.40. The van der Waals surface area contributed by atoms with Crippen molar-refractivity contribution in [3.8, 4) is 5.75 Å². The zero-order valence-electron chi connectivity index (χ0n) is 13.7. The highest BCUT2D eigenvalue weighted by atomic mass is 79.9. The normalized spacial score (nSPS) is 14.9. The van der Waals surface area contributed by atoms with Gasteiger partial charge in [-0.25, -0.2) is 0 Å². The van der Waals surface area contributed by atoms with Crippen molar-refractivity contribution in [1.29, 1.82) is 0 Å². The number of benzene rings is 2. The van der Waals surface area contributed by atoms with Crippen LogP contribution >= 0.6 is 15.9 Å². The van der Waals surface area contributed by atoms with Crippen LogP contribution in [0.4, 0.5) is 5.69 Å². The van der Waals surface area contributed by atoms with Crippen molar-refractivity contribution in [2.24, 2.45) is 0 Å². The lowest BCUT2D eigenvalue weighted by molar-refractivity contribution is -0.916.